The first-order valence-electron chi connectivity index (χ1n) is 5.16. The number of aliphatic hydroxyl groups is 1. The number of hydrogen-bond acceptors (Lipinski definition) is 4. The molecule has 4 atom stereocenters. The molecule has 0 spiro atoms. The summed E-state index contributed by atoms with van der Waals surface area (Å²) in [6.45, 7) is 1.78. The fourth-order valence-electron chi connectivity index (χ4n) is 2.72. The van der Waals surface area contributed by atoms with E-state index < -0.39 is 11.9 Å². The predicted octanol–water partition coefficient (Wildman–Crippen LogP) is 0.849. The van der Waals surface area contributed by atoms with Gasteiger partial charge in [0, 0.05) is 18.6 Å². The minimum absolute atomic E-state index is 0.0659. The minimum atomic E-state index is -0.812. The van der Waals surface area contributed by atoms with Crippen LogP contribution in [0.4, 0.5) is 0 Å². The second-order valence-electron chi connectivity index (χ2n) is 4.50. The molecule has 0 saturated heterocycles. The van der Waals surface area contributed by atoms with Crippen molar-refractivity contribution in [3.05, 3.63) is 11.8 Å². The molecule has 0 amide bonds. The van der Waals surface area contributed by atoms with Gasteiger partial charge in [-0.2, -0.15) is 0 Å². The Morgan fingerprint density at radius 3 is 3.07 bits per heavy atom. The van der Waals surface area contributed by atoms with E-state index in [0.29, 0.717) is 12.0 Å². The molecule has 0 aromatic carbocycles. The normalized spacial score (nSPS) is 44.2. The molecule has 1 aliphatic heterocycles. The highest BCUT2D eigenvalue weighted by Gasteiger charge is 2.52. The molecule has 4 heteroatoms. The van der Waals surface area contributed by atoms with E-state index >= 15 is 0 Å². The van der Waals surface area contributed by atoms with Crippen LogP contribution in [-0.4, -0.2) is 30.4 Å². The molecule has 0 radical (unpaired) electrons. The molecule has 1 heterocycles. The number of methoxy groups -OCH3 is 1. The van der Waals surface area contributed by atoms with Crippen LogP contribution in [0.25, 0.3) is 0 Å². The molecule has 1 N–H and O–H groups in total. The average molecular weight is 212 g/mol. The van der Waals surface area contributed by atoms with Gasteiger partial charge in [0.05, 0.1) is 17.8 Å². The molecule has 4 nitrogen and oxygen atoms in total. The number of hydrogen-bond donors (Lipinski definition) is 1. The van der Waals surface area contributed by atoms with Crippen LogP contribution in [0.3, 0.4) is 0 Å². The molecule has 1 fully saturated rings. The number of carbonyl (C=O) groups excluding carboxylic acids is 1. The van der Waals surface area contributed by atoms with Crippen LogP contribution in [-0.2, 0) is 14.3 Å². The zero-order valence-electron chi connectivity index (χ0n) is 8.97. The molecule has 15 heavy (non-hydrogen) atoms. The topological polar surface area (TPSA) is 55.8 Å². The van der Waals surface area contributed by atoms with Gasteiger partial charge in [-0.3, -0.25) is 4.79 Å². The molecule has 0 aromatic heterocycles. The first kappa shape index (κ1) is 10.6. The lowest BCUT2D eigenvalue weighted by Crippen LogP contribution is -2.44. The van der Waals surface area contributed by atoms with Gasteiger partial charge >= 0.3 is 0 Å². The molecule has 0 aromatic rings. The lowest BCUT2D eigenvalue weighted by Gasteiger charge is -2.37. The summed E-state index contributed by atoms with van der Waals surface area (Å²) in [6.07, 6.45) is 3.31. The molecule has 2 rings (SSSR count). The van der Waals surface area contributed by atoms with Gasteiger partial charge in [-0.25, -0.2) is 0 Å². The van der Waals surface area contributed by atoms with Gasteiger partial charge in [-0.1, -0.05) is 0 Å². The second kappa shape index (κ2) is 3.61. The molecule has 2 aliphatic rings. The first-order valence-corrected chi connectivity index (χ1v) is 5.16. The number of rotatable bonds is 2. The van der Waals surface area contributed by atoms with Crippen molar-refractivity contribution < 1.29 is 19.4 Å². The van der Waals surface area contributed by atoms with Crippen LogP contribution in [0.5, 0.6) is 0 Å². The smallest absolute Gasteiger partial charge is 0.204 e. The van der Waals surface area contributed by atoms with Crippen molar-refractivity contribution in [2.75, 3.05) is 7.11 Å². The molecule has 1 aliphatic carbocycles. The molecule has 84 valence electrons. The van der Waals surface area contributed by atoms with E-state index in [1.165, 1.54) is 6.26 Å². The van der Waals surface area contributed by atoms with Crippen LogP contribution in [0, 0.1) is 11.8 Å². The quantitative estimate of drug-likeness (QED) is 0.689. The van der Waals surface area contributed by atoms with Crippen LogP contribution in [0.2, 0.25) is 0 Å². The Morgan fingerprint density at radius 1 is 1.73 bits per heavy atom. The average Bonchev–Trinajstić information content (AvgIpc) is 2.55. The summed E-state index contributed by atoms with van der Waals surface area (Å²) in [6, 6.07) is 0. The third-order valence-electron chi connectivity index (χ3n) is 3.54. The number of carbonyl (C=O) groups is 1. The predicted molar refractivity (Wildman–Crippen MR) is 52.9 cm³/mol. The summed E-state index contributed by atoms with van der Waals surface area (Å²) in [4.78, 5) is 10.8. The lowest BCUT2D eigenvalue weighted by molar-refractivity contribution is -0.178. The third-order valence-corrected chi connectivity index (χ3v) is 3.54. The maximum atomic E-state index is 10.8. The van der Waals surface area contributed by atoms with E-state index in [1.54, 1.807) is 14.0 Å². The number of ether oxygens (including phenoxy) is 2. The largest absolute Gasteiger partial charge is 0.472 e. The standard InChI is InChI=1S/C11H16O4/c1-11(13)4-3-8-7(5-12)6-15-10(14-2)9(8)11/h5-6,8-10,13H,3-4H2,1-2H3/t8-,9-,10+,11+/m1/s1. The van der Waals surface area contributed by atoms with Crippen LogP contribution in [0.1, 0.15) is 19.8 Å². The molecule has 0 bridgehead atoms. The summed E-state index contributed by atoms with van der Waals surface area (Å²) in [5.41, 5.74) is -0.181. The Labute approximate surface area is 88.9 Å². The summed E-state index contributed by atoms with van der Waals surface area (Å²) >= 11 is 0. The monoisotopic (exact) mass is 212 g/mol. The third kappa shape index (κ3) is 1.58. The summed E-state index contributed by atoms with van der Waals surface area (Å²) in [7, 11) is 1.55. The fourth-order valence-corrected chi connectivity index (χ4v) is 2.72. The Balaban J connectivity index is 2.32. The lowest BCUT2D eigenvalue weighted by atomic mass is 9.82. The van der Waals surface area contributed by atoms with Gasteiger partial charge in [0.2, 0.25) is 6.29 Å². The number of aldehydes is 1. The highest BCUT2D eigenvalue weighted by molar-refractivity contribution is 5.74. The van der Waals surface area contributed by atoms with Gasteiger partial charge in [0.25, 0.3) is 0 Å². The summed E-state index contributed by atoms with van der Waals surface area (Å²) < 4.78 is 10.5. The van der Waals surface area contributed by atoms with Crippen LogP contribution >= 0.6 is 0 Å². The highest BCUT2D eigenvalue weighted by atomic mass is 16.7. The van der Waals surface area contributed by atoms with Gasteiger partial charge in [0.1, 0.15) is 6.29 Å². The maximum absolute atomic E-state index is 10.8. The fraction of sp³-hybridized carbons (Fsp3) is 0.727. The van der Waals surface area contributed by atoms with E-state index in [9.17, 15) is 9.90 Å². The molecular weight excluding hydrogens is 196 g/mol. The van der Waals surface area contributed by atoms with Crippen molar-refractivity contribution in [1.82, 2.24) is 0 Å². The first-order chi connectivity index (χ1) is 7.10. The van der Waals surface area contributed by atoms with Gasteiger partial charge in [0.15, 0.2) is 0 Å². The van der Waals surface area contributed by atoms with Crippen LogP contribution in [0.15, 0.2) is 11.8 Å². The Morgan fingerprint density at radius 2 is 2.47 bits per heavy atom. The van der Waals surface area contributed by atoms with Crippen molar-refractivity contribution in [3.8, 4) is 0 Å². The zero-order valence-corrected chi connectivity index (χ0v) is 8.97. The SMILES string of the molecule is CO[C@H]1OC=C(C=O)[C@H]2CC[C@](C)(O)[C@@H]12. The molecule has 0 unspecified atom stereocenters. The van der Waals surface area contributed by atoms with Gasteiger partial charge < -0.3 is 14.6 Å². The van der Waals surface area contributed by atoms with Crippen molar-refractivity contribution in [2.45, 2.75) is 31.7 Å². The van der Waals surface area contributed by atoms with Crippen molar-refractivity contribution in [1.29, 1.82) is 0 Å². The van der Waals surface area contributed by atoms with Crippen molar-refractivity contribution in [2.24, 2.45) is 11.8 Å². The summed E-state index contributed by atoms with van der Waals surface area (Å²) in [5.74, 6) is -0.0797. The summed E-state index contributed by atoms with van der Waals surface area (Å²) in [5, 5.41) is 10.2. The molecular formula is C11H16O4. The second-order valence-corrected chi connectivity index (χ2v) is 4.50. The van der Waals surface area contributed by atoms with Crippen molar-refractivity contribution >= 4 is 6.29 Å². The van der Waals surface area contributed by atoms with Gasteiger partial charge in [-0.05, 0) is 19.8 Å². The Kier molecular flexibility index (Phi) is 2.56. The van der Waals surface area contributed by atoms with Gasteiger partial charge in [-0.15, -0.1) is 0 Å². The maximum Gasteiger partial charge on any atom is 0.204 e. The van der Waals surface area contributed by atoms with Crippen molar-refractivity contribution in [3.63, 3.8) is 0 Å². The number of allylic oxidation sites excluding steroid dienone is 1. The van der Waals surface area contributed by atoms with E-state index in [1.807, 2.05) is 0 Å². The number of fused-ring (bicyclic) bond motifs is 1. The Bertz CT molecular complexity index is 295. The van der Waals surface area contributed by atoms with E-state index in [-0.39, 0.29) is 11.8 Å². The van der Waals surface area contributed by atoms with Crippen LogP contribution < -0.4 is 0 Å². The molecule has 1 saturated carbocycles. The zero-order chi connectivity index (χ0) is 11.1. The Hall–Kier alpha value is -0.870. The highest BCUT2D eigenvalue weighted by Crippen LogP contribution is 2.48. The van der Waals surface area contributed by atoms with E-state index in [2.05, 4.69) is 0 Å². The van der Waals surface area contributed by atoms with E-state index in [4.69, 9.17) is 9.47 Å². The minimum Gasteiger partial charge on any atom is -0.472 e. The van der Waals surface area contributed by atoms with E-state index in [0.717, 1.165) is 12.7 Å².